The summed E-state index contributed by atoms with van der Waals surface area (Å²) in [5.41, 5.74) is -4.50. The Morgan fingerprint density at radius 1 is 1.05 bits per heavy atom. The van der Waals surface area contributed by atoms with Crippen LogP contribution in [0.1, 0.15) is 11.1 Å². The molecule has 0 fully saturated rings. The normalized spacial score (nSPS) is 14.4. The predicted molar refractivity (Wildman–Crippen MR) is 76.3 cm³/mol. The third kappa shape index (κ3) is 2.84. The number of halogens is 4. The van der Waals surface area contributed by atoms with Gasteiger partial charge in [0.05, 0.1) is 4.92 Å². The van der Waals surface area contributed by atoms with Crippen LogP contribution in [-0.2, 0) is 5.60 Å². The lowest BCUT2D eigenvalue weighted by molar-refractivity contribution is -0.384. The van der Waals surface area contributed by atoms with Crippen LogP contribution in [0.25, 0.3) is 0 Å². The van der Waals surface area contributed by atoms with Crippen LogP contribution < -0.4 is 0 Å². The number of nitro benzene ring substituents is 1. The van der Waals surface area contributed by atoms with Gasteiger partial charge in [-0.1, -0.05) is 28.1 Å². The topological polar surface area (TPSA) is 63.4 Å². The highest BCUT2D eigenvalue weighted by Crippen LogP contribution is 2.44. The molecule has 0 aliphatic rings. The van der Waals surface area contributed by atoms with E-state index in [4.69, 9.17) is 0 Å². The van der Waals surface area contributed by atoms with Gasteiger partial charge < -0.3 is 5.11 Å². The fraction of sp³-hybridized carbons (Fsp3) is 0.143. The second-order valence-corrected chi connectivity index (χ2v) is 5.44. The molecule has 0 aliphatic heterocycles. The largest absolute Gasteiger partial charge is 0.425 e. The van der Waals surface area contributed by atoms with Crippen LogP contribution in [-0.4, -0.2) is 16.2 Å². The molecule has 0 saturated carbocycles. The molecule has 0 aromatic heterocycles. The van der Waals surface area contributed by atoms with Crippen molar-refractivity contribution in [1.82, 2.24) is 0 Å². The van der Waals surface area contributed by atoms with Gasteiger partial charge in [0.25, 0.3) is 5.69 Å². The number of non-ortho nitro benzene ring substituents is 1. The number of alkyl halides is 3. The smallest absolute Gasteiger partial charge is 0.372 e. The molecule has 116 valence electrons. The Balaban J connectivity index is 2.62. The summed E-state index contributed by atoms with van der Waals surface area (Å²) in [6.07, 6.45) is -5.00. The minimum atomic E-state index is -5.00. The van der Waals surface area contributed by atoms with Gasteiger partial charge in [0, 0.05) is 16.6 Å². The molecule has 0 radical (unpaired) electrons. The summed E-state index contributed by atoms with van der Waals surface area (Å²) >= 11 is 3.06. The van der Waals surface area contributed by atoms with E-state index >= 15 is 0 Å². The van der Waals surface area contributed by atoms with Gasteiger partial charge >= 0.3 is 6.18 Å². The molecule has 1 N–H and O–H groups in total. The molecule has 22 heavy (non-hydrogen) atoms. The summed E-state index contributed by atoms with van der Waals surface area (Å²) in [5, 5.41) is 20.9. The minimum absolute atomic E-state index is 0.359. The first kappa shape index (κ1) is 16.4. The average Bonchev–Trinajstić information content (AvgIpc) is 2.45. The van der Waals surface area contributed by atoms with Gasteiger partial charge in [-0.15, -0.1) is 0 Å². The van der Waals surface area contributed by atoms with E-state index < -0.39 is 22.3 Å². The fourth-order valence-corrected chi connectivity index (χ4v) is 2.43. The van der Waals surface area contributed by atoms with Crippen LogP contribution in [0.5, 0.6) is 0 Å². The fourth-order valence-electron chi connectivity index (χ4n) is 2.03. The number of hydrogen-bond donors (Lipinski definition) is 1. The summed E-state index contributed by atoms with van der Waals surface area (Å²) in [4.78, 5) is 9.86. The van der Waals surface area contributed by atoms with Gasteiger partial charge in [0.15, 0.2) is 0 Å². The lowest BCUT2D eigenvalue weighted by atomic mass is 9.85. The Labute approximate surface area is 131 Å². The summed E-state index contributed by atoms with van der Waals surface area (Å²) in [6, 6.07) is 8.80. The molecule has 0 amide bonds. The summed E-state index contributed by atoms with van der Waals surface area (Å²) in [7, 11) is 0. The third-order valence-electron chi connectivity index (χ3n) is 3.15. The molecule has 1 atom stereocenters. The highest BCUT2D eigenvalue weighted by molar-refractivity contribution is 9.10. The van der Waals surface area contributed by atoms with Crippen molar-refractivity contribution in [2.24, 2.45) is 0 Å². The van der Waals surface area contributed by atoms with Crippen molar-refractivity contribution >= 4 is 21.6 Å². The molecule has 0 bridgehead atoms. The lowest BCUT2D eigenvalue weighted by Crippen LogP contribution is -2.43. The molecule has 0 spiro atoms. The Morgan fingerprint density at radius 3 is 2.09 bits per heavy atom. The van der Waals surface area contributed by atoms with Crippen molar-refractivity contribution < 1.29 is 23.2 Å². The van der Waals surface area contributed by atoms with E-state index in [0.29, 0.717) is 4.47 Å². The maximum absolute atomic E-state index is 13.5. The Hall–Kier alpha value is -1.93. The number of rotatable bonds is 3. The van der Waals surface area contributed by atoms with Crippen LogP contribution in [0.15, 0.2) is 53.0 Å². The van der Waals surface area contributed by atoms with E-state index in [0.717, 1.165) is 36.4 Å². The van der Waals surface area contributed by atoms with E-state index in [9.17, 15) is 28.4 Å². The molecule has 0 aliphatic carbocycles. The van der Waals surface area contributed by atoms with E-state index in [2.05, 4.69) is 15.9 Å². The standard InChI is InChI=1S/C14H9BrF3NO3/c15-11-3-1-2-10(8-11)13(20,14(16,17)18)9-4-6-12(7-5-9)19(21)22/h1-8,20H. The Bertz CT molecular complexity index is 703. The monoisotopic (exact) mass is 375 g/mol. The molecule has 2 aromatic carbocycles. The van der Waals surface area contributed by atoms with Crippen molar-refractivity contribution in [3.63, 3.8) is 0 Å². The molecular formula is C14H9BrF3NO3. The number of aliphatic hydroxyl groups is 1. The highest BCUT2D eigenvalue weighted by Gasteiger charge is 2.56. The molecule has 2 rings (SSSR count). The third-order valence-corrected chi connectivity index (χ3v) is 3.64. The lowest BCUT2D eigenvalue weighted by Gasteiger charge is -2.31. The molecular weight excluding hydrogens is 367 g/mol. The summed E-state index contributed by atoms with van der Waals surface area (Å²) < 4.78 is 40.8. The van der Waals surface area contributed by atoms with Gasteiger partial charge in [0.2, 0.25) is 5.60 Å². The van der Waals surface area contributed by atoms with Crippen molar-refractivity contribution in [2.45, 2.75) is 11.8 Å². The number of nitro groups is 1. The summed E-state index contributed by atoms with van der Waals surface area (Å²) in [6.45, 7) is 0. The zero-order valence-corrected chi connectivity index (χ0v) is 12.4. The minimum Gasteiger partial charge on any atom is -0.372 e. The predicted octanol–water partition coefficient (Wildman–Crippen LogP) is 4.16. The van der Waals surface area contributed by atoms with Gasteiger partial charge in [0.1, 0.15) is 0 Å². The number of nitrogens with zero attached hydrogens (tertiary/aromatic N) is 1. The van der Waals surface area contributed by atoms with E-state index in [1.54, 1.807) is 0 Å². The van der Waals surface area contributed by atoms with Crippen LogP contribution >= 0.6 is 15.9 Å². The first-order chi connectivity index (χ1) is 10.2. The maximum atomic E-state index is 13.5. The Morgan fingerprint density at radius 2 is 1.64 bits per heavy atom. The van der Waals surface area contributed by atoms with Crippen molar-refractivity contribution in [3.05, 3.63) is 74.2 Å². The highest BCUT2D eigenvalue weighted by atomic mass is 79.9. The molecule has 4 nitrogen and oxygen atoms in total. The van der Waals surface area contributed by atoms with Crippen molar-refractivity contribution in [1.29, 1.82) is 0 Å². The molecule has 2 aromatic rings. The number of benzene rings is 2. The zero-order valence-electron chi connectivity index (χ0n) is 10.8. The quantitative estimate of drug-likeness (QED) is 0.647. The zero-order chi connectivity index (χ0) is 16.5. The second-order valence-electron chi connectivity index (χ2n) is 4.52. The Kier molecular flexibility index (Phi) is 4.25. The van der Waals surface area contributed by atoms with E-state index in [-0.39, 0.29) is 11.3 Å². The van der Waals surface area contributed by atoms with Crippen LogP contribution in [0.4, 0.5) is 18.9 Å². The first-order valence-corrected chi connectivity index (χ1v) is 6.75. The molecule has 8 heteroatoms. The maximum Gasteiger partial charge on any atom is 0.425 e. The van der Waals surface area contributed by atoms with Crippen LogP contribution in [0.3, 0.4) is 0 Å². The number of hydrogen-bond acceptors (Lipinski definition) is 3. The second kappa shape index (κ2) is 5.69. The van der Waals surface area contributed by atoms with Gasteiger partial charge in [-0.05, 0) is 35.4 Å². The van der Waals surface area contributed by atoms with Gasteiger partial charge in [-0.3, -0.25) is 10.1 Å². The van der Waals surface area contributed by atoms with Gasteiger partial charge in [-0.25, -0.2) is 0 Å². The first-order valence-electron chi connectivity index (χ1n) is 5.96. The average molecular weight is 376 g/mol. The molecule has 0 saturated heterocycles. The van der Waals surface area contributed by atoms with Gasteiger partial charge in [-0.2, -0.15) is 13.2 Å². The summed E-state index contributed by atoms with van der Waals surface area (Å²) in [5.74, 6) is 0. The van der Waals surface area contributed by atoms with Crippen LogP contribution in [0, 0.1) is 10.1 Å². The van der Waals surface area contributed by atoms with E-state index in [1.165, 1.54) is 12.1 Å². The van der Waals surface area contributed by atoms with Crippen LogP contribution in [0.2, 0.25) is 0 Å². The molecule has 0 heterocycles. The SMILES string of the molecule is O=[N+]([O-])c1ccc(C(O)(c2cccc(Br)c2)C(F)(F)F)cc1. The van der Waals surface area contributed by atoms with Crippen molar-refractivity contribution in [2.75, 3.05) is 0 Å². The van der Waals surface area contributed by atoms with Crippen molar-refractivity contribution in [3.8, 4) is 0 Å². The van der Waals surface area contributed by atoms with E-state index in [1.807, 2.05) is 0 Å². The molecule has 1 unspecified atom stereocenters.